The van der Waals surface area contributed by atoms with Gasteiger partial charge in [-0.15, -0.1) is 0 Å². The highest BCUT2D eigenvalue weighted by molar-refractivity contribution is 6.33. The zero-order valence-corrected chi connectivity index (χ0v) is 19.7. The Labute approximate surface area is 194 Å². The van der Waals surface area contributed by atoms with Gasteiger partial charge in [-0.05, 0) is 30.4 Å². The molecule has 3 rings (SSSR count). The number of nitrogens with zero attached hydrogens (tertiary/aromatic N) is 1. The molecule has 1 saturated heterocycles. The molecule has 0 bridgehead atoms. The minimum atomic E-state index is -0.851. The number of fused-ring (bicyclic) bond motifs is 1. The Hall–Kier alpha value is -2.38. The SMILES string of the molecule is CNC(=O)[C@H]1[C@@H]2C(=O)N([C@@H](CO)CC(C)C)[C@H](C(=O)Nc3ccccc3Cl)[C@H]2C=C[C@H]1C. The summed E-state index contributed by atoms with van der Waals surface area (Å²) in [6.45, 7) is 5.65. The van der Waals surface area contributed by atoms with Gasteiger partial charge in [0.1, 0.15) is 6.04 Å². The van der Waals surface area contributed by atoms with Crippen LogP contribution in [0.4, 0.5) is 5.69 Å². The summed E-state index contributed by atoms with van der Waals surface area (Å²) >= 11 is 6.24. The van der Waals surface area contributed by atoms with Crippen molar-refractivity contribution in [3.8, 4) is 0 Å². The van der Waals surface area contributed by atoms with Crippen molar-refractivity contribution in [2.24, 2.45) is 29.6 Å². The fourth-order valence-electron chi connectivity index (χ4n) is 5.09. The number of carbonyl (C=O) groups is 3. The van der Waals surface area contributed by atoms with Gasteiger partial charge in [-0.1, -0.05) is 56.7 Å². The van der Waals surface area contributed by atoms with Gasteiger partial charge < -0.3 is 20.6 Å². The third kappa shape index (κ3) is 4.55. The Bertz CT molecular complexity index is 903. The molecule has 6 atom stereocenters. The number of para-hydroxylation sites is 1. The number of likely N-dealkylation sites (tertiary alicyclic amines) is 1. The largest absolute Gasteiger partial charge is 0.394 e. The number of rotatable bonds is 7. The van der Waals surface area contributed by atoms with E-state index >= 15 is 0 Å². The van der Waals surface area contributed by atoms with E-state index in [1.165, 1.54) is 4.90 Å². The van der Waals surface area contributed by atoms with Crippen molar-refractivity contribution in [1.82, 2.24) is 10.2 Å². The summed E-state index contributed by atoms with van der Waals surface area (Å²) < 4.78 is 0. The lowest BCUT2D eigenvalue weighted by Gasteiger charge is -2.34. The Balaban J connectivity index is 2.04. The van der Waals surface area contributed by atoms with Gasteiger partial charge in [0.05, 0.1) is 35.2 Å². The molecule has 2 aliphatic rings. The average molecular weight is 462 g/mol. The molecular formula is C24H32ClN3O4. The molecule has 1 aromatic carbocycles. The number of aliphatic hydroxyl groups excluding tert-OH is 1. The molecule has 1 aromatic rings. The lowest BCUT2D eigenvalue weighted by atomic mass is 9.70. The predicted molar refractivity (Wildman–Crippen MR) is 124 cm³/mol. The van der Waals surface area contributed by atoms with Crippen LogP contribution < -0.4 is 10.6 Å². The Kier molecular flexibility index (Phi) is 7.62. The van der Waals surface area contributed by atoms with Crippen molar-refractivity contribution in [3.63, 3.8) is 0 Å². The minimum Gasteiger partial charge on any atom is -0.394 e. The number of hydrogen-bond donors (Lipinski definition) is 3. The van der Waals surface area contributed by atoms with Crippen LogP contribution in [0.25, 0.3) is 0 Å². The van der Waals surface area contributed by atoms with Crippen LogP contribution in [0.1, 0.15) is 27.2 Å². The highest BCUT2D eigenvalue weighted by atomic mass is 35.5. The van der Waals surface area contributed by atoms with Gasteiger partial charge >= 0.3 is 0 Å². The topological polar surface area (TPSA) is 98.7 Å². The number of anilines is 1. The standard InChI is InChI=1S/C24H32ClN3O4/c1-13(2)11-15(12-29)28-21(23(31)27-18-8-6-5-7-17(18)25)16-10-9-14(3)19(22(30)26-4)20(16)24(28)32/h5-10,13-16,19-21,29H,11-12H2,1-4H3,(H,26,30)(H,27,31)/t14-,15-,16+,19-,20-,21+/m1/s1. The van der Waals surface area contributed by atoms with E-state index in [0.717, 1.165) is 0 Å². The van der Waals surface area contributed by atoms with Crippen molar-refractivity contribution < 1.29 is 19.5 Å². The van der Waals surface area contributed by atoms with E-state index in [0.29, 0.717) is 17.1 Å². The number of nitrogens with one attached hydrogen (secondary N) is 2. The summed E-state index contributed by atoms with van der Waals surface area (Å²) in [4.78, 5) is 41.5. The molecule has 1 aliphatic heterocycles. The van der Waals surface area contributed by atoms with Crippen LogP contribution in [-0.2, 0) is 14.4 Å². The van der Waals surface area contributed by atoms with Crippen LogP contribution in [0.3, 0.4) is 0 Å². The van der Waals surface area contributed by atoms with E-state index in [1.54, 1.807) is 31.3 Å². The highest BCUT2D eigenvalue weighted by Crippen LogP contribution is 2.45. The zero-order valence-electron chi connectivity index (χ0n) is 18.9. The second kappa shape index (κ2) is 10.0. The summed E-state index contributed by atoms with van der Waals surface area (Å²) in [7, 11) is 1.55. The van der Waals surface area contributed by atoms with Crippen LogP contribution in [0.5, 0.6) is 0 Å². The summed E-state index contributed by atoms with van der Waals surface area (Å²) in [6.07, 6.45) is 4.33. The summed E-state index contributed by atoms with van der Waals surface area (Å²) in [6, 6.07) is 5.53. The molecule has 1 aliphatic carbocycles. The summed E-state index contributed by atoms with van der Waals surface area (Å²) in [5.74, 6) is -2.54. The number of carbonyl (C=O) groups excluding carboxylic acids is 3. The number of hydrogen-bond acceptors (Lipinski definition) is 4. The first kappa shape index (κ1) is 24.3. The molecule has 1 fully saturated rings. The molecule has 0 saturated carbocycles. The van der Waals surface area contributed by atoms with Gasteiger partial charge in [-0.3, -0.25) is 14.4 Å². The van der Waals surface area contributed by atoms with Gasteiger partial charge in [0.2, 0.25) is 17.7 Å². The van der Waals surface area contributed by atoms with Crippen LogP contribution >= 0.6 is 11.6 Å². The zero-order chi connectivity index (χ0) is 23.6. The fourth-order valence-corrected chi connectivity index (χ4v) is 5.27. The first-order valence-corrected chi connectivity index (χ1v) is 11.5. The number of halogens is 1. The first-order valence-electron chi connectivity index (χ1n) is 11.1. The molecule has 32 heavy (non-hydrogen) atoms. The summed E-state index contributed by atoms with van der Waals surface area (Å²) in [5, 5.41) is 16.1. The monoisotopic (exact) mass is 461 g/mol. The molecule has 0 spiro atoms. The molecule has 0 unspecified atom stereocenters. The highest BCUT2D eigenvalue weighted by Gasteiger charge is 2.58. The number of allylic oxidation sites excluding steroid dienone is 1. The quantitative estimate of drug-likeness (QED) is 0.543. The lowest BCUT2D eigenvalue weighted by Crippen LogP contribution is -2.51. The van der Waals surface area contributed by atoms with Gasteiger partial charge in [-0.2, -0.15) is 0 Å². The molecule has 0 aromatic heterocycles. The van der Waals surface area contributed by atoms with Crippen LogP contribution in [0.2, 0.25) is 5.02 Å². The number of amides is 3. The maximum absolute atomic E-state index is 13.7. The molecule has 8 heteroatoms. The van der Waals surface area contributed by atoms with E-state index in [1.807, 2.05) is 32.9 Å². The second-order valence-electron chi connectivity index (χ2n) is 9.11. The van der Waals surface area contributed by atoms with E-state index < -0.39 is 29.8 Å². The van der Waals surface area contributed by atoms with Gasteiger partial charge in [-0.25, -0.2) is 0 Å². The fraction of sp³-hybridized carbons (Fsp3) is 0.542. The first-order chi connectivity index (χ1) is 15.2. The maximum atomic E-state index is 13.7. The molecule has 7 nitrogen and oxygen atoms in total. The molecule has 174 valence electrons. The van der Waals surface area contributed by atoms with Crippen molar-refractivity contribution in [3.05, 3.63) is 41.4 Å². The Morgan fingerprint density at radius 3 is 2.47 bits per heavy atom. The van der Waals surface area contributed by atoms with Gasteiger partial charge in [0.15, 0.2) is 0 Å². The van der Waals surface area contributed by atoms with Crippen LogP contribution in [0.15, 0.2) is 36.4 Å². The van der Waals surface area contributed by atoms with Gasteiger partial charge in [0.25, 0.3) is 0 Å². The van der Waals surface area contributed by atoms with E-state index in [-0.39, 0.29) is 36.2 Å². The smallest absolute Gasteiger partial charge is 0.247 e. The summed E-state index contributed by atoms with van der Waals surface area (Å²) in [5.41, 5.74) is 0.454. The minimum absolute atomic E-state index is 0.148. The van der Waals surface area contributed by atoms with Crippen LogP contribution in [0, 0.1) is 29.6 Å². The average Bonchev–Trinajstić information content (AvgIpc) is 3.05. The molecule has 0 radical (unpaired) electrons. The lowest BCUT2D eigenvalue weighted by molar-refractivity contribution is -0.142. The number of aliphatic hydroxyl groups is 1. The van der Waals surface area contributed by atoms with Crippen LogP contribution in [-0.4, -0.2) is 53.5 Å². The number of benzene rings is 1. The van der Waals surface area contributed by atoms with Gasteiger partial charge in [0, 0.05) is 13.0 Å². The normalized spacial score (nSPS) is 27.9. The van der Waals surface area contributed by atoms with E-state index in [9.17, 15) is 19.5 Å². The third-order valence-electron chi connectivity index (χ3n) is 6.51. The van der Waals surface area contributed by atoms with E-state index in [2.05, 4.69) is 10.6 Å². The molecule has 3 N–H and O–H groups in total. The van der Waals surface area contributed by atoms with Crippen molar-refractivity contribution >= 4 is 35.0 Å². The predicted octanol–water partition coefficient (Wildman–Crippen LogP) is 2.70. The molecular weight excluding hydrogens is 430 g/mol. The van der Waals surface area contributed by atoms with Crippen molar-refractivity contribution in [1.29, 1.82) is 0 Å². The van der Waals surface area contributed by atoms with Crippen molar-refractivity contribution in [2.45, 2.75) is 39.3 Å². The third-order valence-corrected chi connectivity index (χ3v) is 6.84. The second-order valence-corrected chi connectivity index (χ2v) is 9.52. The molecule has 3 amide bonds. The Morgan fingerprint density at radius 1 is 1.19 bits per heavy atom. The molecule has 1 heterocycles. The van der Waals surface area contributed by atoms with E-state index in [4.69, 9.17) is 11.6 Å². The van der Waals surface area contributed by atoms with Crippen molar-refractivity contribution in [2.75, 3.05) is 19.0 Å². The maximum Gasteiger partial charge on any atom is 0.247 e. The Morgan fingerprint density at radius 2 is 1.88 bits per heavy atom.